The Morgan fingerprint density at radius 2 is 1.48 bits per heavy atom. The summed E-state index contributed by atoms with van der Waals surface area (Å²) in [5.74, 6) is -0.666. The lowest BCUT2D eigenvalue weighted by molar-refractivity contribution is 0.0984. The summed E-state index contributed by atoms with van der Waals surface area (Å²) in [6.45, 7) is 3.24. The van der Waals surface area contributed by atoms with Crippen molar-refractivity contribution >= 4 is 11.5 Å². The number of ketones is 1. The molecule has 0 heterocycles. The van der Waals surface area contributed by atoms with Crippen LogP contribution < -0.4 is 4.90 Å². The van der Waals surface area contributed by atoms with Gasteiger partial charge in [-0.05, 0) is 55.5 Å². The second-order valence-electron chi connectivity index (χ2n) is 4.74. The summed E-state index contributed by atoms with van der Waals surface area (Å²) in [5, 5.41) is 0. The topological polar surface area (TPSA) is 20.3 Å². The fraction of sp³-hybridized carbons (Fsp3) is 0.235. The average molecular weight is 289 g/mol. The second-order valence-corrected chi connectivity index (χ2v) is 4.74. The maximum absolute atomic E-state index is 12.9. The highest BCUT2D eigenvalue weighted by molar-refractivity contribution is 5.96. The van der Waals surface area contributed by atoms with Crippen molar-refractivity contribution in [2.75, 3.05) is 18.0 Å². The summed E-state index contributed by atoms with van der Waals surface area (Å²) < 4.78 is 25.7. The van der Waals surface area contributed by atoms with Crippen LogP contribution in [0.15, 0.2) is 48.5 Å². The predicted molar refractivity (Wildman–Crippen MR) is 79.6 cm³/mol. The quantitative estimate of drug-likeness (QED) is 0.747. The molecule has 0 radical (unpaired) electrons. The van der Waals surface area contributed by atoms with E-state index in [1.807, 2.05) is 11.8 Å². The first-order valence-corrected chi connectivity index (χ1v) is 6.89. The third kappa shape index (κ3) is 4.12. The van der Waals surface area contributed by atoms with Crippen molar-refractivity contribution in [3.63, 3.8) is 0 Å². The molecular formula is C17H17F2NO. The molecule has 0 spiro atoms. The Labute approximate surface area is 123 Å². The Morgan fingerprint density at radius 3 is 2.00 bits per heavy atom. The number of halogens is 2. The molecule has 0 amide bonds. The van der Waals surface area contributed by atoms with Gasteiger partial charge in [-0.25, -0.2) is 8.78 Å². The molecular weight excluding hydrogens is 272 g/mol. The van der Waals surface area contributed by atoms with E-state index in [9.17, 15) is 13.6 Å². The SMILES string of the molecule is CCN(CCC(=O)c1ccc(F)cc1)c1ccc(F)cc1. The fourth-order valence-corrected chi connectivity index (χ4v) is 2.14. The normalized spacial score (nSPS) is 10.4. The summed E-state index contributed by atoms with van der Waals surface area (Å²) in [5.41, 5.74) is 1.39. The lowest BCUT2D eigenvalue weighted by Crippen LogP contribution is -2.25. The van der Waals surface area contributed by atoms with Gasteiger partial charge in [0.15, 0.2) is 5.78 Å². The van der Waals surface area contributed by atoms with Crippen molar-refractivity contribution in [1.29, 1.82) is 0 Å². The fourth-order valence-electron chi connectivity index (χ4n) is 2.14. The zero-order chi connectivity index (χ0) is 15.2. The Balaban J connectivity index is 1.98. The highest BCUT2D eigenvalue weighted by atomic mass is 19.1. The van der Waals surface area contributed by atoms with E-state index in [1.165, 1.54) is 36.4 Å². The summed E-state index contributed by atoms with van der Waals surface area (Å²) >= 11 is 0. The van der Waals surface area contributed by atoms with E-state index in [0.717, 1.165) is 12.2 Å². The van der Waals surface area contributed by atoms with Gasteiger partial charge in [0.05, 0.1) is 0 Å². The van der Waals surface area contributed by atoms with Gasteiger partial charge in [0.1, 0.15) is 11.6 Å². The first kappa shape index (κ1) is 15.2. The number of benzene rings is 2. The number of carbonyl (C=O) groups is 1. The Kier molecular flexibility index (Phi) is 5.04. The molecule has 0 saturated carbocycles. The molecule has 2 aromatic rings. The van der Waals surface area contributed by atoms with E-state index in [-0.39, 0.29) is 17.4 Å². The number of nitrogens with zero attached hydrogens (tertiary/aromatic N) is 1. The van der Waals surface area contributed by atoms with Gasteiger partial charge in [0, 0.05) is 30.8 Å². The number of anilines is 1. The third-order valence-electron chi connectivity index (χ3n) is 3.35. The summed E-state index contributed by atoms with van der Waals surface area (Å²) in [6.07, 6.45) is 0.330. The van der Waals surface area contributed by atoms with Gasteiger partial charge in [-0.2, -0.15) is 0 Å². The van der Waals surface area contributed by atoms with Crippen LogP contribution in [0.3, 0.4) is 0 Å². The number of hydrogen-bond donors (Lipinski definition) is 0. The van der Waals surface area contributed by atoms with Crippen LogP contribution >= 0.6 is 0 Å². The minimum absolute atomic E-state index is 0.0319. The Morgan fingerprint density at radius 1 is 0.952 bits per heavy atom. The molecule has 0 aromatic heterocycles. The first-order valence-electron chi connectivity index (χ1n) is 6.89. The zero-order valence-corrected chi connectivity index (χ0v) is 11.9. The maximum Gasteiger partial charge on any atom is 0.164 e. The first-order chi connectivity index (χ1) is 10.1. The van der Waals surface area contributed by atoms with Gasteiger partial charge in [-0.1, -0.05) is 0 Å². The summed E-state index contributed by atoms with van der Waals surface area (Å²) in [7, 11) is 0. The zero-order valence-electron chi connectivity index (χ0n) is 11.9. The van der Waals surface area contributed by atoms with Crippen LogP contribution in [-0.4, -0.2) is 18.9 Å². The number of hydrogen-bond acceptors (Lipinski definition) is 2. The predicted octanol–water partition coefficient (Wildman–Crippen LogP) is 4.06. The summed E-state index contributed by atoms with van der Waals surface area (Å²) in [4.78, 5) is 14.1. The molecule has 0 unspecified atom stereocenters. The lowest BCUT2D eigenvalue weighted by atomic mass is 10.1. The average Bonchev–Trinajstić information content (AvgIpc) is 2.50. The second kappa shape index (κ2) is 6.97. The molecule has 2 rings (SSSR count). The van der Waals surface area contributed by atoms with Crippen molar-refractivity contribution in [3.8, 4) is 0 Å². The number of rotatable bonds is 6. The largest absolute Gasteiger partial charge is 0.371 e. The molecule has 0 aliphatic carbocycles. The molecule has 21 heavy (non-hydrogen) atoms. The van der Waals surface area contributed by atoms with Gasteiger partial charge in [0.2, 0.25) is 0 Å². The van der Waals surface area contributed by atoms with E-state index in [0.29, 0.717) is 18.5 Å². The van der Waals surface area contributed by atoms with Gasteiger partial charge < -0.3 is 4.90 Å². The molecule has 110 valence electrons. The Hall–Kier alpha value is -2.23. The minimum Gasteiger partial charge on any atom is -0.371 e. The van der Waals surface area contributed by atoms with Crippen LogP contribution in [0.1, 0.15) is 23.7 Å². The molecule has 0 bridgehead atoms. The number of Topliss-reactive ketones (excluding diaryl/α,β-unsaturated/α-hetero) is 1. The van der Waals surface area contributed by atoms with Crippen LogP contribution in [0, 0.1) is 11.6 Å². The minimum atomic E-state index is -0.354. The van der Waals surface area contributed by atoms with E-state index in [1.54, 1.807) is 12.1 Å². The van der Waals surface area contributed by atoms with Crippen LogP contribution in [0.5, 0.6) is 0 Å². The maximum atomic E-state index is 12.9. The molecule has 0 aliphatic heterocycles. The molecule has 2 nitrogen and oxygen atoms in total. The molecule has 4 heteroatoms. The third-order valence-corrected chi connectivity index (χ3v) is 3.35. The molecule has 0 fully saturated rings. The van der Waals surface area contributed by atoms with Crippen molar-refractivity contribution < 1.29 is 13.6 Å². The van der Waals surface area contributed by atoms with Gasteiger partial charge in [-0.3, -0.25) is 4.79 Å². The van der Waals surface area contributed by atoms with Crippen LogP contribution in [0.2, 0.25) is 0 Å². The van der Waals surface area contributed by atoms with Crippen molar-refractivity contribution in [2.24, 2.45) is 0 Å². The standard InChI is InChI=1S/C17H17F2NO/c1-2-20(16-9-7-15(19)8-10-16)12-11-17(21)13-3-5-14(18)6-4-13/h3-10H,2,11-12H2,1H3. The lowest BCUT2D eigenvalue weighted by Gasteiger charge is -2.22. The van der Waals surface area contributed by atoms with Crippen molar-refractivity contribution in [1.82, 2.24) is 0 Å². The smallest absolute Gasteiger partial charge is 0.164 e. The molecule has 0 N–H and O–H groups in total. The highest BCUT2D eigenvalue weighted by Gasteiger charge is 2.10. The van der Waals surface area contributed by atoms with E-state index < -0.39 is 0 Å². The monoisotopic (exact) mass is 289 g/mol. The molecule has 0 saturated heterocycles. The molecule has 0 aliphatic rings. The number of carbonyl (C=O) groups excluding carboxylic acids is 1. The molecule has 2 aromatic carbocycles. The summed E-state index contributed by atoms with van der Waals surface area (Å²) in [6, 6.07) is 11.7. The van der Waals surface area contributed by atoms with E-state index >= 15 is 0 Å². The van der Waals surface area contributed by atoms with E-state index in [2.05, 4.69) is 0 Å². The van der Waals surface area contributed by atoms with Crippen LogP contribution in [0.25, 0.3) is 0 Å². The van der Waals surface area contributed by atoms with Crippen molar-refractivity contribution in [3.05, 3.63) is 65.7 Å². The van der Waals surface area contributed by atoms with Gasteiger partial charge >= 0.3 is 0 Å². The van der Waals surface area contributed by atoms with Crippen LogP contribution in [-0.2, 0) is 0 Å². The van der Waals surface area contributed by atoms with Gasteiger partial charge in [-0.15, -0.1) is 0 Å². The van der Waals surface area contributed by atoms with Gasteiger partial charge in [0.25, 0.3) is 0 Å². The molecule has 0 atom stereocenters. The van der Waals surface area contributed by atoms with Crippen molar-refractivity contribution in [2.45, 2.75) is 13.3 Å². The van der Waals surface area contributed by atoms with Crippen LogP contribution in [0.4, 0.5) is 14.5 Å². The highest BCUT2D eigenvalue weighted by Crippen LogP contribution is 2.15. The van der Waals surface area contributed by atoms with E-state index in [4.69, 9.17) is 0 Å². The Bertz CT molecular complexity index is 593.